The minimum atomic E-state index is -0.728. The van der Waals surface area contributed by atoms with Crippen LogP contribution in [0.25, 0.3) is 6.08 Å². The van der Waals surface area contributed by atoms with Crippen LogP contribution in [0.2, 0.25) is 0 Å². The van der Waals surface area contributed by atoms with Crippen molar-refractivity contribution in [2.45, 2.75) is 70.4 Å². The molecule has 6 heteroatoms. The van der Waals surface area contributed by atoms with Gasteiger partial charge in [0, 0.05) is 12.6 Å². The molecule has 3 rings (SSSR count). The third-order valence-electron chi connectivity index (χ3n) is 6.80. The second-order valence-corrected chi connectivity index (χ2v) is 8.48. The van der Waals surface area contributed by atoms with Crippen molar-refractivity contribution in [3.63, 3.8) is 0 Å². The predicted octanol–water partition coefficient (Wildman–Crippen LogP) is 3.89. The van der Waals surface area contributed by atoms with Crippen LogP contribution in [0.5, 0.6) is 0 Å². The Balaban J connectivity index is 1.69. The standard InChI is InChI=1S/C23H32N2O4/c26-20(25-29)13-12-17-8-10-18(11-9-17)16-24-21(22(27)28)23(14-4-1-5-15-23)19-6-2-3-7-19/h8-13,19,21,24,29H,1-7,14-16H2,(H,25,26)(H,27,28)/t21-/m1/s1. The summed E-state index contributed by atoms with van der Waals surface area (Å²) in [6.45, 7) is 0.507. The van der Waals surface area contributed by atoms with Gasteiger partial charge in [-0.1, -0.05) is 56.4 Å². The van der Waals surface area contributed by atoms with Crippen LogP contribution < -0.4 is 10.8 Å². The van der Waals surface area contributed by atoms with Crippen molar-refractivity contribution < 1.29 is 19.9 Å². The monoisotopic (exact) mass is 400 g/mol. The fourth-order valence-corrected chi connectivity index (χ4v) is 5.36. The summed E-state index contributed by atoms with van der Waals surface area (Å²) in [5.74, 6) is -0.792. The molecule has 1 atom stereocenters. The lowest BCUT2D eigenvalue weighted by Gasteiger charge is -2.46. The minimum absolute atomic E-state index is 0.124. The average molecular weight is 401 g/mol. The van der Waals surface area contributed by atoms with Crippen molar-refractivity contribution in [1.82, 2.24) is 10.8 Å². The zero-order valence-electron chi connectivity index (χ0n) is 16.9. The van der Waals surface area contributed by atoms with Crippen molar-refractivity contribution in [1.29, 1.82) is 0 Å². The molecule has 4 N–H and O–H groups in total. The molecule has 0 aromatic heterocycles. The predicted molar refractivity (Wildman–Crippen MR) is 111 cm³/mol. The molecule has 2 aliphatic carbocycles. The first kappa shape index (κ1) is 21.5. The van der Waals surface area contributed by atoms with Gasteiger partial charge in [-0.25, -0.2) is 5.48 Å². The highest BCUT2D eigenvalue weighted by Crippen LogP contribution is 2.51. The zero-order chi connectivity index (χ0) is 20.7. The lowest BCUT2D eigenvalue weighted by atomic mass is 9.61. The topological polar surface area (TPSA) is 98.7 Å². The summed E-state index contributed by atoms with van der Waals surface area (Å²) in [6, 6.07) is 7.11. The van der Waals surface area contributed by atoms with Gasteiger partial charge >= 0.3 is 5.97 Å². The molecular formula is C23H32N2O4. The van der Waals surface area contributed by atoms with E-state index in [0.29, 0.717) is 12.5 Å². The van der Waals surface area contributed by atoms with E-state index in [2.05, 4.69) is 5.32 Å². The molecule has 0 radical (unpaired) electrons. The Morgan fingerprint density at radius 3 is 2.31 bits per heavy atom. The molecule has 0 heterocycles. The van der Waals surface area contributed by atoms with Crippen LogP contribution in [0.15, 0.2) is 30.3 Å². The van der Waals surface area contributed by atoms with Crippen molar-refractivity contribution in [2.75, 3.05) is 0 Å². The molecule has 1 aromatic carbocycles. The van der Waals surface area contributed by atoms with E-state index in [9.17, 15) is 14.7 Å². The molecule has 0 aliphatic heterocycles. The molecule has 0 saturated heterocycles. The first-order chi connectivity index (χ1) is 14.0. The summed E-state index contributed by atoms with van der Waals surface area (Å²) in [5.41, 5.74) is 3.28. The molecule has 29 heavy (non-hydrogen) atoms. The summed E-state index contributed by atoms with van der Waals surface area (Å²) in [4.78, 5) is 23.4. The number of benzene rings is 1. The third kappa shape index (κ3) is 5.25. The highest BCUT2D eigenvalue weighted by Gasteiger charge is 2.49. The summed E-state index contributed by atoms with van der Waals surface area (Å²) >= 11 is 0. The van der Waals surface area contributed by atoms with Gasteiger partial charge in [0.2, 0.25) is 0 Å². The van der Waals surface area contributed by atoms with Crippen LogP contribution in [-0.4, -0.2) is 28.2 Å². The van der Waals surface area contributed by atoms with Crippen LogP contribution >= 0.6 is 0 Å². The average Bonchev–Trinajstić information content (AvgIpc) is 3.29. The highest BCUT2D eigenvalue weighted by molar-refractivity contribution is 5.90. The molecule has 1 aromatic rings. The van der Waals surface area contributed by atoms with E-state index in [0.717, 1.165) is 49.7 Å². The third-order valence-corrected chi connectivity index (χ3v) is 6.80. The molecule has 6 nitrogen and oxygen atoms in total. The normalized spacial score (nSPS) is 20.6. The van der Waals surface area contributed by atoms with E-state index in [-0.39, 0.29) is 5.41 Å². The van der Waals surface area contributed by atoms with Crippen LogP contribution in [0.4, 0.5) is 0 Å². The van der Waals surface area contributed by atoms with Crippen molar-refractivity contribution in [3.8, 4) is 0 Å². The van der Waals surface area contributed by atoms with Gasteiger partial charge in [0.25, 0.3) is 5.91 Å². The SMILES string of the molecule is O=C(C=Cc1ccc(CN[C@H](C(=O)O)C2(C3CCCC3)CCCCC2)cc1)NO. The van der Waals surface area contributed by atoms with Crippen molar-refractivity contribution in [2.24, 2.45) is 11.3 Å². The molecule has 0 unspecified atom stereocenters. The van der Waals surface area contributed by atoms with Crippen LogP contribution in [0.1, 0.15) is 68.9 Å². The summed E-state index contributed by atoms with van der Waals surface area (Å²) < 4.78 is 0. The highest BCUT2D eigenvalue weighted by atomic mass is 16.5. The maximum atomic E-state index is 12.3. The zero-order valence-corrected chi connectivity index (χ0v) is 16.9. The summed E-state index contributed by atoms with van der Waals surface area (Å²) in [7, 11) is 0. The van der Waals surface area contributed by atoms with Gasteiger partial charge in [0.05, 0.1) is 0 Å². The van der Waals surface area contributed by atoms with E-state index < -0.39 is 17.9 Å². The van der Waals surface area contributed by atoms with Crippen LogP contribution in [-0.2, 0) is 16.1 Å². The van der Waals surface area contributed by atoms with Gasteiger partial charge in [-0.15, -0.1) is 0 Å². The Kier molecular flexibility index (Phi) is 7.45. The first-order valence-electron chi connectivity index (χ1n) is 10.7. The number of carboxylic acid groups (broad SMARTS) is 1. The van der Waals surface area contributed by atoms with Gasteiger partial charge in [-0.2, -0.15) is 0 Å². The molecule has 2 fully saturated rings. The Bertz CT molecular complexity index is 717. The van der Waals surface area contributed by atoms with Gasteiger partial charge < -0.3 is 5.11 Å². The Morgan fingerprint density at radius 1 is 1.07 bits per heavy atom. The number of amides is 1. The largest absolute Gasteiger partial charge is 0.480 e. The molecule has 1 amide bonds. The fraction of sp³-hybridized carbons (Fsp3) is 0.565. The van der Waals surface area contributed by atoms with Gasteiger partial charge in [-0.05, 0) is 54.2 Å². The van der Waals surface area contributed by atoms with E-state index in [1.807, 2.05) is 24.3 Å². The lowest BCUT2D eigenvalue weighted by molar-refractivity contribution is -0.146. The maximum Gasteiger partial charge on any atom is 0.321 e. The quantitative estimate of drug-likeness (QED) is 0.301. The van der Waals surface area contributed by atoms with Gasteiger partial charge in [0.1, 0.15) is 6.04 Å². The molecule has 158 valence electrons. The van der Waals surface area contributed by atoms with Gasteiger partial charge in [-0.3, -0.25) is 20.1 Å². The van der Waals surface area contributed by atoms with Crippen LogP contribution in [0, 0.1) is 11.3 Å². The number of hydrogen-bond acceptors (Lipinski definition) is 4. The number of aliphatic carboxylic acids is 1. The number of carbonyl (C=O) groups excluding carboxylic acids is 1. The number of hydrogen-bond donors (Lipinski definition) is 4. The second-order valence-electron chi connectivity index (χ2n) is 8.48. The lowest BCUT2D eigenvalue weighted by Crippen LogP contribution is -2.54. The number of rotatable bonds is 8. The van der Waals surface area contributed by atoms with Crippen LogP contribution in [0.3, 0.4) is 0 Å². The smallest absolute Gasteiger partial charge is 0.321 e. The molecule has 0 bridgehead atoms. The van der Waals surface area contributed by atoms with E-state index in [1.165, 1.54) is 25.3 Å². The van der Waals surface area contributed by atoms with E-state index in [4.69, 9.17) is 5.21 Å². The fourth-order valence-electron chi connectivity index (χ4n) is 5.36. The van der Waals surface area contributed by atoms with Crippen molar-refractivity contribution >= 4 is 18.0 Å². The number of hydroxylamine groups is 1. The van der Waals surface area contributed by atoms with Gasteiger partial charge in [0.15, 0.2) is 0 Å². The minimum Gasteiger partial charge on any atom is -0.480 e. The maximum absolute atomic E-state index is 12.3. The number of nitrogens with one attached hydrogen (secondary N) is 2. The molecular weight excluding hydrogens is 368 g/mol. The Labute approximate surface area is 172 Å². The van der Waals surface area contributed by atoms with E-state index in [1.54, 1.807) is 11.6 Å². The van der Waals surface area contributed by atoms with Crippen molar-refractivity contribution in [3.05, 3.63) is 41.5 Å². The van der Waals surface area contributed by atoms with E-state index >= 15 is 0 Å². The number of carboxylic acids is 1. The Hall–Kier alpha value is -2.18. The Morgan fingerprint density at radius 2 is 1.72 bits per heavy atom. The second kappa shape index (κ2) is 10.0. The summed E-state index contributed by atoms with van der Waals surface area (Å²) in [5, 5.41) is 22.0. The number of carbonyl (C=O) groups is 2. The first-order valence-corrected chi connectivity index (χ1v) is 10.7. The molecule has 0 spiro atoms. The summed E-state index contributed by atoms with van der Waals surface area (Å²) in [6.07, 6.45) is 13.1. The molecule has 2 aliphatic rings. The molecule has 2 saturated carbocycles.